The van der Waals surface area contributed by atoms with Gasteiger partial charge in [0.2, 0.25) is 10.0 Å². The average Bonchev–Trinajstić information content (AvgIpc) is 2.83. The Morgan fingerprint density at radius 3 is 2.70 bits per heavy atom. The Kier molecular flexibility index (Phi) is 5.57. The van der Waals surface area contributed by atoms with Gasteiger partial charge in [-0.3, -0.25) is 0 Å². The smallest absolute Gasteiger partial charge is 0.207 e. The number of halogens is 3. The minimum absolute atomic E-state index is 0.321. The number of hydrogen-bond donors (Lipinski definition) is 0. The Morgan fingerprint density at radius 1 is 1.35 bits per heavy atom. The lowest BCUT2D eigenvalue weighted by Crippen LogP contribution is -2.29. The highest BCUT2D eigenvalue weighted by Crippen LogP contribution is 2.33. The number of nitrogens with zero attached hydrogens (tertiary/aromatic N) is 1. The molecule has 20 heavy (non-hydrogen) atoms. The fourth-order valence-corrected chi connectivity index (χ4v) is 5.85. The molecule has 0 spiro atoms. The van der Waals surface area contributed by atoms with Crippen LogP contribution in [0.2, 0.25) is 0 Å². The van der Waals surface area contributed by atoms with Crippen LogP contribution in [0.25, 0.3) is 0 Å². The Labute approximate surface area is 142 Å². The molecule has 1 atom stereocenters. The van der Waals surface area contributed by atoms with Crippen LogP contribution in [0.5, 0.6) is 0 Å². The summed E-state index contributed by atoms with van der Waals surface area (Å²) in [5, 5.41) is 0. The molecule has 1 aromatic rings. The molecule has 0 aliphatic carbocycles. The maximum absolute atomic E-state index is 12.7. The van der Waals surface area contributed by atoms with Gasteiger partial charge in [-0.25, -0.2) is 8.42 Å². The third-order valence-corrected chi connectivity index (χ3v) is 7.49. The average molecular weight is 446 g/mol. The van der Waals surface area contributed by atoms with Gasteiger partial charge in [0.25, 0.3) is 0 Å². The molecule has 3 nitrogen and oxygen atoms in total. The molecule has 1 unspecified atom stereocenters. The summed E-state index contributed by atoms with van der Waals surface area (Å²) in [4.78, 5) is 0.321. The van der Waals surface area contributed by atoms with E-state index < -0.39 is 10.0 Å². The SMILES string of the molecule is Cc1cc(Br)c(S(=O)(=O)N2CCC(CCCl)C2)cc1Br. The van der Waals surface area contributed by atoms with Crippen LogP contribution < -0.4 is 0 Å². The molecule has 0 saturated carbocycles. The monoisotopic (exact) mass is 443 g/mol. The Morgan fingerprint density at radius 2 is 2.05 bits per heavy atom. The second-order valence-electron chi connectivity index (χ2n) is 5.03. The zero-order valence-electron chi connectivity index (χ0n) is 11.1. The quantitative estimate of drug-likeness (QED) is 0.653. The van der Waals surface area contributed by atoms with Crippen LogP contribution in [0.1, 0.15) is 18.4 Å². The summed E-state index contributed by atoms with van der Waals surface area (Å²) in [6.07, 6.45) is 1.75. The molecule has 1 fully saturated rings. The van der Waals surface area contributed by atoms with Gasteiger partial charge in [-0.05, 0) is 59.3 Å². The molecule has 0 bridgehead atoms. The normalized spacial score (nSPS) is 20.5. The lowest BCUT2D eigenvalue weighted by molar-refractivity contribution is 0.453. The van der Waals surface area contributed by atoms with Crippen molar-refractivity contribution in [1.29, 1.82) is 0 Å². The molecule has 2 rings (SSSR count). The molecule has 1 saturated heterocycles. The third kappa shape index (κ3) is 3.40. The maximum atomic E-state index is 12.7. The predicted octanol–water partition coefficient (Wildman–Crippen LogP) is 4.16. The van der Waals surface area contributed by atoms with Crippen molar-refractivity contribution in [1.82, 2.24) is 4.31 Å². The van der Waals surface area contributed by atoms with Crippen molar-refractivity contribution >= 4 is 53.5 Å². The minimum Gasteiger partial charge on any atom is -0.207 e. The molecule has 0 radical (unpaired) electrons. The van der Waals surface area contributed by atoms with Gasteiger partial charge in [0, 0.05) is 27.9 Å². The lowest BCUT2D eigenvalue weighted by atomic mass is 10.1. The largest absolute Gasteiger partial charge is 0.244 e. The van der Waals surface area contributed by atoms with Crippen LogP contribution >= 0.6 is 43.5 Å². The highest BCUT2D eigenvalue weighted by molar-refractivity contribution is 9.11. The number of hydrogen-bond acceptors (Lipinski definition) is 2. The van der Waals surface area contributed by atoms with E-state index in [9.17, 15) is 8.42 Å². The highest BCUT2D eigenvalue weighted by atomic mass is 79.9. The van der Waals surface area contributed by atoms with Crippen molar-refractivity contribution in [3.05, 3.63) is 26.6 Å². The highest BCUT2D eigenvalue weighted by Gasteiger charge is 2.33. The summed E-state index contributed by atoms with van der Waals surface area (Å²) >= 11 is 12.5. The summed E-state index contributed by atoms with van der Waals surface area (Å²) in [6.45, 7) is 3.06. The number of rotatable bonds is 4. The molecular formula is C13H16Br2ClNO2S. The first-order chi connectivity index (χ1) is 9.36. The van der Waals surface area contributed by atoms with Gasteiger partial charge in [-0.15, -0.1) is 11.6 Å². The lowest BCUT2D eigenvalue weighted by Gasteiger charge is -2.18. The minimum atomic E-state index is -3.45. The van der Waals surface area contributed by atoms with Crippen LogP contribution in [0, 0.1) is 12.8 Å². The first-order valence-corrected chi connectivity index (χ1v) is 9.94. The fourth-order valence-electron chi connectivity index (χ4n) is 2.37. The van der Waals surface area contributed by atoms with Crippen LogP contribution in [-0.2, 0) is 10.0 Å². The third-order valence-electron chi connectivity index (χ3n) is 3.60. The molecule has 1 aliphatic heterocycles. The van der Waals surface area contributed by atoms with E-state index in [2.05, 4.69) is 31.9 Å². The van der Waals surface area contributed by atoms with Crippen LogP contribution in [0.15, 0.2) is 26.0 Å². The van der Waals surface area contributed by atoms with Crippen LogP contribution in [0.3, 0.4) is 0 Å². The topological polar surface area (TPSA) is 37.4 Å². The van der Waals surface area contributed by atoms with Gasteiger partial charge in [-0.2, -0.15) is 4.31 Å². The second kappa shape index (κ2) is 6.65. The molecule has 0 aromatic heterocycles. The van der Waals surface area contributed by atoms with Gasteiger partial charge < -0.3 is 0 Å². The number of aryl methyl sites for hydroxylation is 1. The van der Waals surface area contributed by atoms with Crippen molar-refractivity contribution in [2.24, 2.45) is 5.92 Å². The van der Waals surface area contributed by atoms with Crippen LogP contribution in [0.4, 0.5) is 0 Å². The Bertz CT molecular complexity index is 607. The Hall–Kier alpha value is 0.380. The molecule has 1 aliphatic rings. The first kappa shape index (κ1) is 16.7. The van der Waals surface area contributed by atoms with E-state index in [0.29, 0.717) is 34.3 Å². The zero-order chi connectivity index (χ0) is 14.9. The van der Waals surface area contributed by atoms with Crippen molar-refractivity contribution < 1.29 is 8.42 Å². The summed E-state index contributed by atoms with van der Waals surface area (Å²) in [5.74, 6) is 0.952. The molecule has 7 heteroatoms. The van der Waals surface area contributed by atoms with Crippen molar-refractivity contribution in [2.75, 3.05) is 19.0 Å². The maximum Gasteiger partial charge on any atom is 0.244 e. The summed E-state index contributed by atoms with van der Waals surface area (Å²) in [6, 6.07) is 3.49. The van der Waals surface area contributed by atoms with E-state index in [4.69, 9.17) is 11.6 Å². The molecule has 112 valence electrons. The van der Waals surface area contributed by atoms with Gasteiger partial charge in [0.15, 0.2) is 0 Å². The first-order valence-electron chi connectivity index (χ1n) is 6.38. The molecule has 1 heterocycles. The Balaban J connectivity index is 2.30. The van der Waals surface area contributed by atoms with Crippen molar-refractivity contribution in [2.45, 2.75) is 24.7 Å². The van der Waals surface area contributed by atoms with E-state index in [1.165, 1.54) is 0 Å². The van der Waals surface area contributed by atoms with Crippen molar-refractivity contribution in [3.63, 3.8) is 0 Å². The molecule has 0 amide bonds. The standard InChI is InChI=1S/C13H16Br2ClNO2S/c1-9-6-12(15)13(7-11(9)14)20(18,19)17-5-3-10(8-17)2-4-16/h6-7,10H,2-5,8H2,1H3. The summed E-state index contributed by atoms with van der Waals surface area (Å²) in [7, 11) is -3.45. The zero-order valence-corrected chi connectivity index (χ0v) is 15.8. The molecule has 0 N–H and O–H groups in total. The predicted molar refractivity (Wildman–Crippen MR) is 88.8 cm³/mol. The van der Waals surface area contributed by atoms with Crippen molar-refractivity contribution in [3.8, 4) is 0 Å². The van der Waals surface area contributed by atoms with Gasteiger partial charge in [0.05, 0.1) is 4.90 Å². The summed E-state index contributed by atoms with van der Waals surface area (Å²) in [5.41, 5.74) is 0.997. The number of alkyl halides is 1. The van der Waals surface area contributed by atoms with Gasteiger partial charge in [-0.1, -0.05) is 15.9 Å². The van der Waals surface area contributed by atoms with E-state index in [1.807, 2.05) is 13.0 Å². The fraction of sp³-hybridized carbons (Fsp3) is 0.538. The van der Waals surface area contributed by atoms with Crippen LogP contribution in [-0.4, -0.2) is 31.7 Å². The van der Waals surface area contributed by atoms with E-state index >= 15 is 0 Å². The van der Waals surface area contributed by atoms with Gasteiger partial charge >= 0.3 is 0 Å². The van der Waals surface area contributed by atoms with E-state index in [-0.39, 0.29) is 0 Å². The van der Waals surface area contributed by atoms with E-state index in [1.54, 1.807) is 10.4 Å². The number of sulfonamides is 1. The summed E-state index contributed by atoms with van der Waals surface area (Å²) < 4.78 is 28.4. The van der Waals surface area contributed by atoms with Gasteiger partial charge in [0.1, 0.15) is 0 Å². The van der Waals surface area contributed by atoms with E-state index in [0.717, 1.165) is 22.9 Å². The second-order valence-corrected chi connectivity index (χ2v) is 9.02. The molecular weight excluding hydrogens is 429 g/mol. The number of benzene rings is 1. The molecule has 1 aromatic carbocycles.